The van der Waals surface area contributed by atoms with Crippen LogP contribution in [0.3, 0.4) is 0 Å². The summed E-state index contributed by atoms with van der Waals surface area (Å²) in [5.74, 6) is -0.844. The van der Waals surface area contributed by atoms with Crippen LogP contribution < -0.4 is 13.7 Å². The summed E-state index contributed by atoms with van der Waals surface area (Å²) in [5, 5.41) is 1.77. The number of alkyl halides is 9. The van der Waals surface area contributed by atoms with E-state index in [1.807, 2.05) is 24.3 Å². The summed E-state index contributed by atoms with van der Waals surface area (Å²) in [7, 11) is -6.27. The van der Waals surface area contributed by atoms with Gasteiger partial charge in [-0.05, 0) is 90.0 Å². The van der Waals surface area contributed by atoms with Gasteiger partial charge in [0.05, 0.1) is 33.5 Å². The summed E-state index contributed by atoms with van der Waals surface area (Å²) >= 11 is 0. The summed E-state index contributed by atoms with van der Waals surface area (Å²) in [6.07, 6.45) is -4.06. The molecule has 69 heavy (non-hydrogen) atoms. The van der Waals surface area contributed by atoms with Crippen LogP contribution in [0.1, 0.15) is 11.1 Å². The largest absolute Gasteiger partial charge is 0.534 e. The number of pyridine rings is 2. The molecule has 350 valence electrons. The Morgan fingerprint density at radius 2 is 0.957 bits per heavy atom. The van der Waals surface area contributed by atoms with Crippen molar-refractivity contribution in [2.45, 2.75) is 17.9 Å². The molecule has 0 radical (unpaired) electrons. The number of nitrogens with zero attached hydrogens (tertiary/aromatic N) is 6. The molecule has 4 aromatic heterocycles. The molecule has 0 saturated carbocycles. The lowest BCUT2D eigenvalue weighted by atomic mass is 9.95. The zero-order chi connectivity index (χ0) is 49.1. The van der Waals surface area contributed by atoms with Crippen LogP contribution in [-0.2, 0) is 22.5 Å². The van der Waals surface area contributed by atoms with Gasteiger partial charge in [-0.3, -0.25) is 9.97 Å². The van der Waals surface area contributed by atoms with Crippen LogP contribution in [0.4, 0.5) is 43.9 Å². The summed E-state index contributed by atoms with van der Waals surface area (Å²) in [4.78, 5) is 24.5. The Morgan fingerprint density at radius 1 is 0.464 bits per heavy atom. The van der Waals surface area contributed by atoms with Crippen molar-refractivity contribution in [2.75, 3.05) is 0 Å². The van der Waals surface area contributed by atoms with Gasteiger partial charge in [0.25, 0.3) is 0 Å². The molecule has 0 unspecified atom stereocenters. The fourth-order valence-electron chi connectivity index (χ4n) is 6.50. The third kappa shape index (κ3) is 11.1. The second-order valence-electron chi connectivity index (χ2n) is 14.4. The van der Waals surface area contributed by atoms with Gasteiger partial charge in [-0.1, -0.05) is 30.3 Å². The highest BCUT2D eigenvalue weighted by atomic mass is 32.2. The van der Waals surface area contributed by atoms with Gasteiger partial charge < -0.3 is 13.7 Å². The predicted molar refractivity (Wildman–Crippen MR) is 230 cm³/mol. The third-order valence-corrected chi connectivity index (χ3v) is 10.7. The van der Waals surface area contributed by atoms with E-state index in [9.17, 15) is 52.3 Å². The normalized spacial score (nSPS) is 12.0. The van der Waals surface area contributed by atoms with E-state index in [0.717, 1.165) is 46.9 Å². The first-order valence-corrected chi connectivity index (χ1v) is 21.0. The van der Waals surface area contributed by atoms with Gasteiger partial charge >= 0.3 is 28.0 Å². The number of halogens is 10. The lowest BCUT2D eigenvalue weighted by molar-refractivity contribution is -0.138. The quantitative estimate of drug-likeness (QED) is 0.0776. The maximum absolute atomic E-state index is 13.4. The molecule has 0 saturated heterocycles. The molecule has 9 rings (SSSR count). The van der Waals surface area contributed by atoms with Gasteiger partial charge in [-0.25, -0.2) is 24.3 Å². The van der Waals surface area contributed by atoms with Crippen molar-refractivity contribution in [3.8, 4) is 62.7 Å². The Hall–Kier alpha value is -8.27. The molecular weight excluding hydrogens is 951 g/mol. The first kappa shape index (κ1) is 47.2. The number of hydrogen-bond donors (Lipinski definition) is 0. The highest BCUT2D eigenvalue weighted by molar-refractivity contribution is 7.88. The summed E-state index contributed by atoms with van der Waals surface area (Å²) in [6, 6.07) is 30.2. The Balaban J connectivity index is 0.000000186. The third-order valence-electron chi connectivity index (χ3n) is 9.73. The number of ether oxygens (including phenoxy) is 2. The molecule has 0 aliphatic heterocycles. The van der Waals surface area contributed by atoms with E-state index in [1.165, 1.54) is 42.7 Å². The fraction of sp³-hybridized carbons (Fsp3) is 0.0638. The van der Waals surface area contributed by atoms with E-state index >= 15 is 0 Å². The summed E-state index contributed by atoms with van der Waals surface area (Å²) in [5.41, 5.74) is -6.04. The summed E-state index contributed by atoms with van der Waals surface area (Å²) in [6.45, 7) is 0. The maximum atomic E-state index is 13.4. The zero-order valence-corrected chi connectivity index (χ0v) is 35.2. The molecule has 0 fully saturated rings. The van der Waals surface area contributed by atoms with Crippen LogP contribution in [0.2, 0.25) is 0 Å². The fourth-order valence-corrected chi connectivity index (χ4v) is 6.97. The summed E-state index contributed by atoms with van der Waals surface area (Å²) < 4.78 is 170. The Morgan fingerprint density at radius 3 is 1.46 bits per heavy atom. The topological polar surface area (TPSA) is 139 Å². The van der Waals surface area contributed by atoms with E-state index in [4.69, 9.17) is 9.47 Å². The number of benzene rings is 5. The van der Waals surface area contributed by atoms with E-state index < -0.39 is 56.2 Å². The van der Waals surface area contributed by atoms with Crippen molar-refractivity contribution in [1.29, 1.82) is 0 Å². The highest BCUT2D eigenvalue weighted by Gasteiger charge is 2.49. The number of aromatic nitrogens is 6. The molecule has 4 heterocycles. The second-order valence-corrected chi connectivity index (χ2v) is 15.9. The number of rotatable bonds is 9. The molecule has 0 amide bonds. The van der Waals surface area contributed by atoms with Crippen LogP contribution in [0.5, 0.6) is 29.0 Å². The van der Waals surface area contributed by atoms with Crippen molar-refractivity contribution in [1.82, 2.24) is 29.9 Å². The smallest absolute Gasteiger partial charge is 0.439 e. The Kier molecular flexibility index (Phi) is 12.9. The van der Waals surface area contributed by atoms with Crippen molar-refractivity contribution in [3.63, 3.8) is 0 Å². The first-order chi connectivity index (χ1) is 32.7. The minimum absolute atomic E-state index is 0.130. The van der Waals surface area contributed by atoms with Crippen molar-refractivity contribution in [2.24, 2.45) is 0 Å². The van der Waals surface area contributed by atoms with Crippen LogP contribution in [0.15, 0.2) is 159 Å². The molecule has 0 aliphatic rings. The molecule has 0 aliphatic carbocycles. The standard InChI is InChI=1S/C26H15F4N3O.C21H11F6N3O4S/c27-19-7-3-16(4-8-19)22-12-18(26(28,29)30)6-10-21(22)24-14-25(33-15-32-24)34-20-9-5-17-2-1-11-31-23(17)13-20;22-20(23,24)13-4-6-15(18(8-13)34-35(31,32)21(25,26)27)17-10-19(30-11-29-17)33-14-5-3-12-2-1-7-28-16(12)9-14/h1-15H;1-11H. The average molecular weight is 977 g/mol. The lowest BCUT2D eigenvalue weighted by Crippen LogP contribution is -2.28. The van der Waals surface area contributed by atoms with Gasteiger partial charge in [-0.2, -0.15) is 47.9 Å². The molecule has 11 nitrogen and oxygen atoms in total. The van der Waals surface area contributed by atoms with Crippen molar-refractivity contribution >= 4 is 31.9 Å². The average Bonchev–Trinajstić information content (AvgIpc) is 3.31. The molecular formula is C47H26F10N6O5S. The second kappa shape index (κ2) is 18.8. The van der Waals surface area contributed by atoms with E-state index in [-0.39, 0.29) is 34.8 Å². The van der Waals surface area contributed by atoms with E-state index in [1.54, 1.807) is 48.8 Å². The molecule has 0 spiro atoms. The van der Waals surface area contributed by atoms with Gasteiger partial charge in [0.2, 0.25) is 11.8 Å². The van der Waals surface area contributed by atoms with Gasteiger partial charge in [0.1, 0.15) is 30.0 Å². The predicted octanol–water partition coefficient (Wildman–Crippen LogP) is 13.0. The monoisotopic (exact) mass is 976 g/mol. The molecule has 22 heteroatoms. The van der Waals surface area contributed by atoms with E-state index in [0.29, 0.717) is 34.2 Å². The highest BCUT2D eigenvalue weighted by Crippen LogP contribution is 2.41. The molecule has 0 bridgehead atoms. The SMILES string of the molecule is Fc1ccc(-c2cc(C(F)(F)F)ccc2-c2cc(Oc3ccc4cccnc4c3)ncn2)cc1.O=S(=O)(Oc1cc(C(F)(F)F)ccc1-c1cc(Oc2ccc3cccnc3c2)ncn1)C(F)(F)F. The van der Waals surface area contributed by atoms with Crippen LogP contribution in [-0.4, -0.2) is 43.8 Å². The Bertz CT molecular complexity index is 3450. The van der Waals surface area contributed by atoms with Gasteiger partial charge in [0, 0.05) is 58.6 Å². The van der Waals surface area contributed by atoms with Crippen LogP contribution in [0, 0.1) is 5.82 Å². The lowest BCUT2D eigenvalue weighted by Gasteiger charge is -2.15. The van der Waals surface area contributed by atoms with Crippen molar-refractivity contribution < 1.29 is 66.0 Å². The van der Waals surface area contributed by atoms with Crippen LogP contribution >= 0.6 is 0 Å². The van der Waals surface area contributed by atoms with Crippen molar-refractivity contribution in [3.05, 3.63) is 175 Å². The van der Waals surface area contributed by atoms with Gasteiger partial charge in [-0.15, -0.1) is 0 Å². The molecule has 9 aromatic rings. The first-order valence-electron chi connectivity index (χ1n) is 19.6. The molecule has 0 atom stereocenters. The minimum Gasteiger partial charge on any atom is -0.439 e. The van der Waals surface area contributed by atoms with Gasteiger partial charge in [0.15, 0.2) is 5.75 Å². The maximum Gasteiger partial charge on any atom is 0.534 e. The molecule has 0 N–H and O–H groups in total. The molecule has 5 aromatic carbocycles. The Labute approximate surface area is 382 Å². The van der Waals surface area contributed by atoms with E-state index in [2.05, 4.69) is 34.1 Å². The minimum atomic E-state index is -6.27. The zero-order valence-electron chi connectivity index (χ0n) is 34.4. The number of hydrogen-bond acceptors (Lipinski definition) is 11. The van der Waals surface area contributed by atoms with Crippen LogP contribution in [0.25, 0.3) is 55.4 Å². The number of fused-ring (bicyclic) bond motifs is 2.